The molecule has 5 heteroatoms. The normalized spacial score (nSPS) is 10.4. The molecule has 2 rings (SSSR count). The Bertz CT molecular complexity index is 572. The van der Waals surface area contributed by atoms with Gasteiger partial charge in [-0.15, -0.1) is 0 Å². The second-order valence-corrected chi connectivity index (χ2v) is 6.33. The fourth-order valence-electron chi connectivity index (χ4n) is 1.41. The van der Waals surface area contributed by atoms with Gasteiger partial charge in [-0.2, -0.15) is 0 Å². The lowest BCUT2D eigenvalue weighted by Crippen LogP contribution is -1.90. The number of hydrogen-bond donors (Lipinski definition) is 0. The fourth-order valence-corrected chi connectivity index (χ4v) is 2.98. The molecule has 0 aliphatic carbocycles. The lowest BCUT2D eigenvalue weighted by molar-refractivity contribution is 0.475. The highest BCUT2D eigenvalue weighted by molar-refractivity contribution is 9.10. The lowest BCUT2D eigenvalue weighted by Gasteiger charge is -2.11. The average Bonchev–Trinajstić information content (AvgIpc) is 2.33. The van der Waals surface area contributed by atoms with E-state index in [0.29, 0.717) is 5.02 Å². The van der Waals surface area contributed by atoms with Crippen molar-refractivity contribution in [1.29, 1.82) is 0 Å². The third-order valence-electron chi connectivity index (χ3n) is 2.29. The Morgan fingerprint density at radius 1 is 1.00 bits per heavy atom. The van der Waals surface area contributed by atoms with Crippen LogP contribution < -0.4 is 4.74 Å². The molecule has 0 atom stereocenters. The van der Waals surface area contributed by atoms with Crippen LogP contribution in [0.1, 0.15) is 5.56 Å². The summed E-state index contributed by atoms with van der Waals surface area (Å²) in [6.45, 7) is 0. The molecule has 0 N–H and O–H groups in total. The van der Waals surface area contributed by atoms with Gasteiger partial charge in [-0.05, 0) is 46.3 Å². The molecule has 0 saturated heterocycles. The Morgan fingerprint density at radius 3 is 2.44 bits per heavy atom. The van der Waals surface area contributed by atoms with Crippen molar-refractivity contribution in [2.75, 3.05) is 0 Å². The van der Waals surface area contributed by atoms with Crippen molar-refractivity contribution in [2.24, 2.45) is 0 Å². The van der Waals surface area contributed by atoms with Gasteiger partial charge in [0.25, 0.3) is 0 Å². The molecule has 2 aromatic rings. The molecular formula is C13H8Br3ClO. The van der Waals surface area contributed by atoms with Crippen molar-refractivity contribution in [3.05, 3.63) is 55.9 Å². The largest absolute Gasteiger partial charge is 0.456 e. The van der Waals surface area contributed by atoms with E-state index in [4.69, 9.17) is 16.3 Å². The topological polar surface area (TPSA) is 9.23 Å². The first kappa shape index (κ1) is 14.4. The standard InChI is InChI=1S/C13H8Br3ClO/c14-7-8-1-2-9(15)5-13(8)18-12-4-3-10(17)6-11(12)16/h1-6H,7H2. The zero-order valence-corrected chi connectivity index (χ0v) is 14.6. The second kappa shape index (κ2) is 6.42. The van der Waals surface area contributed by atoms with E-state index in [1.54, 1.807) is 6.07 Å². The summed E-state index contributed by atoms with van der Waals surface area (Å²) < 4.78 is 7.71. The fraction of sp³-hybridized carbons (Fsp3) is 0.0769. The highest BCUT2D eigenvalue weighted by Gasteiger charge is 2.08. The monoisotopic (exact) mass is 452 g/mol. The predicted molar refractivity (Wildman–Crippen MR) is 86.0 cm³/mol. The minimum absolute atomic E-state index is 0.671. The highest BCUT2D eigenvalue weighted by Crippen LogP contribution is 2.35. The quantitative estimate of drug-likeness (QED) is 0.477. The van der Waals surface area contributed by atoms with Gasteiger partial charge in [0.1, 0.15) is 11.5 Å². The van der Waals surface area contributed by atoms with Gasteiger partial charge in [0.15, 0.2) is 0 Å². The van der Waals surface area contributed by atoms with Crippen LogP contribution >= 0.6 is 59.4 Å². The summed E-state index contributed by atoms with van der Waals surface area (Å²) in [7, 11) is 0. The van der Waals surface area contributed by atoms with Crippen LogP contribution in [0.25, 0.3) is 0 Å². The molecule has 0 saturated carbocycles. The van der Waals surface area contributed by atoms with Gasteiger partial charge in [0, 0.05) is 20.4 Å². The molecule has 0 radical (unpaired) electrons. The van der Waals surface area contributed by atoms with E-state index in [0.717, 1.165) is 31.3 Å². The molecule has 0 aliphatic heterocycles. The number of alkyl halides is 1. The average molecular weight is 455 g/mol. The van der Waals surface area contributed by atoms with Gasteiger partial charge in [0.05, 0.1) is 4.47 Å². The molecule has 0 unspecified atom stereocenters. The number of halogens is 4. The highest BCUT2D eigenvalue weighted by atomic mass is 79.9. The first-order valence-electron chi connectivity index (χ1n) is 5.07. The summed E-state index contributed by atoms with van der Waals surface area (Å²) in [5.41, 5.74) is 1.08. The van der Waals surface area contributed by atoms with Crippen LogP contribution in [0, 0.1) is 0 Å². The first-order chi connectivity index (χ1) is 8.60. The van der Waals surface area contributed by atoms with Crippen molar-refractivity contribution in [3.63, 3.8) is 0 Å². The van der Waals surface area contributed by atoms with E-state index < -0.39 is 0 Å². The Kier molecular flexibility index (Phi) is 5.13. The molecular weight excluding hydrogens is 447 g/mol. The molecule has 0 heterocycles. The summed E-state index contributed by atoms with van der Waals surface area (Å²) in [5, 5.41) is 1.41. The predicted octanol–water partition coefficient (Wildman–Crippen LogP) is 6.55. The Balaban J connectivity index is 2.36. The van der Waals surface area contributed by atoms with Crippen molar-refractivity contribution in [3.8, 4) is 11.5 Å². The van der Waals surface area contributed by atoms with E-state index in [2.05, 4.69) is 47.8 Å². The van der Waals surface area contributed by atoms with Crippen LogP contribution in [-0.4, -0.2) is 0 Å². The molecule has 0 aliphatic rings. The maximum absolute atomic E-state index is 5.90. The summed E-state index contributed by atoms with van der Waals surface area (Å²) >= 11 is 16.2. The van der Waals surface area contributed by atoms with Gasteiger partial charge in [-0.3, -0.25) is 0 Å². The van der Waals surface area contributed by atoms with E-state index >= 15 is 0 Å². The Labute approximate surface area is 136 Å². The van der Waals surface area contributed by atoms with Gasteiger partial charge in [-0.25, -0.2) is 0 Å². The maximum Gasteiger partial charge on any atom is 0.141 e. The molecule has 2 aromatic carbocycles. The van der Waals surface area contributed by atoms with Crippen LogP contribution in [0.3, 0.4) is 0 Å². The molecule has 0 amide bonds. The summed E-state index contributed by atoms with van der Waals surface area (Å²) in [4.78, 5) is 0. The van der Waals surface area contributed by atoms with Gasteiger partial charge < -0.3 is 4.74 Å². The molecule has 0 bridgehead atoms. The van der Waals surface area contributed by atoms with E-state index in [1.807, 2.05) is 30.3 Å². The van der Waals surface area contributed by atoms with Gasteiger partial charge in [0.2, 0.25) is 0 Å². The van der Waals surface area contributed by atoms with Gasteiger partial charge >= 0.3 is 0 Å². The lowest BCUT2D eigenvalue weighted by atomic mass is 10.2. The molecule has 1 nitrogen and oxygen atoms in total. The second-order valence-electron chi connectivity index (χ2n) is 3.56. The maximum atomic E-state index is 5.90. The zero-order valence-electron chi connectivity index (χ0n) is 9.09. The van der Waals surface area contributed by atoms with Crippen LogP contribution in [0.2, 0.25) is 5.02 Å². The zero-order chi connectivity index (χ0) is 13.1. The van der Waals surface area contributed by atoms with Crippen molar-refractivity contribution in [1.82, 2.24) is 0 Å². The molecule has 0 fully saturated rings. The first-order valence-corrected chi connectivity index (χ1v) is 8.16. The number of ether oxygens (including phenoxy) is 1. The van der Waals surface area contributed by atoms with E-state index in [1.165, 1.54) is 0 Å². The molecule has 18 heavy (non-hydrogen) atoms. The third-order valence-corrected chi connectivity index (χ3v) is 4.24. The Hall–Kier alpha value is -0.0300. The summed E-state index contributed by atoms with van der Waals surface area (Å²) in [5.74, 6) is 1.55. The number of rotatable bonds is 3. The summed E-state index contributed by atoms with van der Waals surface area (Å²) in [6, 6.07) is 11.4. The minimum atomic E-state index is 0.671. The Morgan fingerprint density at radius 2 is 1.78 bits per heavy atom. The summed E-state index contributed by atoms with van der Waals surface area (Å²) in [6.07, 6.45) is 0. The molecule has 0 spiro atoms. The van der Waals surface area contributed by atoms with Crippen molar-refractivity contribution in [2.45, 2.75) is 5.33 Å². The third kappa shape index (κ3) is 3.50. The van der Waals surface area contributed by atoms with Crippen molar-refractivity contribution < 1.29 is 4.74 Å². The molecule has 94 valence electrons. The van der Waals surface area contributed by atoms with Crippen LogP contribution in [0.15, 0.2) is 45.3 Å². The van der Waals surface area contributed by atoms with Gasteiger partial charge in [-0.1, -0.05) is 49.5 Å². The minimum Gasteiger partial charge on any atom is -0.456 e. The molecule has 0 aromatic heterocycles. The van der Waals surface area contributed by atoms with E-state index in [-0.39, 0.29) is 0 Å². The van der Waals surface area contributed by atoms with Crippen LogP contribution in [0.5, 0.6) is 11.5 Å². The SMILES string of the molecule is Clc1ccc(Oc2cc(Br)ccc2CBr)c(Br)c1. The van der Waals surface area contributed by atoms with Crippen LogP contribution in [-0.2, 0) is 5.33 Å². The van der Waals surface area contributed by atoms with Crippen LogP contribution in [0.4, 0.5) is 0 Å². The number of benzene rings is 2. The van der Waals surface area contributed by atoms with E-state index in [9.17, 15) is 0 Å². The van der Waals surface area contributed by atoms with Crippen molar-refractivity contribution >= 4 is 59.4 Å². The number of hydrogen-bond acceptors (Lipinski definition) is 1. The smallest absolute Gasteiger partial charge is 0.141 e.